The molecule has 0 saturated carbocycles. The highest BCUT2D eigenvalue weighted by Crippen LogP contribution is 2.21. The van der Waals surface area contributed by atoms with Gasteiger partial charge < -0.3 is 14.5 Å². The standard InChI is InChI=1S/C26H29N3O5S/c1-20-11-12-22(16-24(20)29(32)33)26(31)27(13-7-14-34-2)19-25(30)28(18-23-10-6-15-35-23)17-21-8-4-3-5-9-21/h3-6,8-12,15-16H,7,13-14,17-19H2,1-2H3. The number of aryl methyl sites for hydroxylation is 1. The van der Waals surface area contributed by atoms with Crippen LogP contribution in [0, 0.1) is 17.0 Å². The van der Waals surface area contributed by atoms with E-state index in [-0.39, 0.29) is 30.2 Å². The van der Waals surface area contributed by atoms with Gasteiger partial charge in [-0.15, -0.1) is 11.3 Å². The van der Waals surface area contributed by atoms with Crippen LogP contribution < -0.4 is 0 Å². The number of benzene rings is 2. The Morgan fingerprint density at radius 1 is 1.03 bits per heavy atom. The molecule has 0 saturated heterocycles. The molecule has 1 aromatic heterocycles. The van der Waals surface area contributed by atoms with Crippen LogP contribution in [0.5, 0.6) is 0 Å². The fourth-order valence-corrected chi connectivity index (χ4v) is 4.38. The maximum Gasteiger partial charge on any atom is 0.273 e. The van der Waals surface area contributed by atoms with Gasteiger partial charge in [0.05, 0.1) is 11.5 Å². The third-order valence-electron chi connectivity index (χ3n) is 5.54. The van der Waals surface area contributed by atoms with Gasteiger partial charge in [-0.1, -0.05) is 42.5 Å². The Kier molecular flexibility index (Phi) is 9.51. The molecule has 0 bridgehead atoms. The molecule has 8 nitrogen and oxygen atoms in total. The van der Waals surface area contributed by atoms with Crippen molar-refractivity contribution in [1.82, 2.24) is 9.80 Å². The summed E-state index contributed by atoms with van der Waals surface area (Å²) >= 11 is 1.57. The lowest BCUT2D eigenvalue weighted by Gasteiger charge is -2.28. The van der Waals surface area contributed by atoms with Crippen LogP contribution in [0.1, 0.15) is 32.8 Å². The SMILES string of the molecule is COCCCN(CC(=O)N(Cc1ccccc1)Cc1cccs1)C(=O)c1ccc(C)c([N+](=O)[O-])c1. The zero-order valence-electron chi connectivity index (χ0n) is 19.9. The average Bonchev–Trinajstić information content (AvgIpc) is 3.36. The van der Waals surface area contributed by atoms with E-state index in [2.05, 4.69) is 0 Å². The fourth-order valence-electron chi connectivity index (χ4n) is 3.66. The minimum Gasteiger partial charge on any atom is -0.385 e. The molecule has 0 aliphatic rings. The number of hydrogen-bond donors (Lipinski definition) is 0. The van der Waals surface area contributed by atoms with Gasteiger partial charge in [-0.05, 0) is 36.4 Å². The molecule has 0 unspecified atom stereocenters. The van der Waals surface area contributed by atoms with E-state index < -0.39 is 10.8 Å². The van der Waals surface area contributed by atoms with Crippen LogP contribution in [0.25, 0.3) is 0 Å². The fraction of sp³-hybridized carbons (Fsp3) is 0.308. The molecule has 0 aliphatic heterocycles. The molecule has 0 aliphatic carbocycles. The number of amides is 2. The minimum atomic E-state index is -0.505. The summed E-state index contributed by atoms with van der Waals surface area (Å²) < 4.78 is 5.12. The lowest BCUT2D eigenvalue weighted by Crippen LogP contribution is -2.43. The molecule has 1 heterocycles. The quantitative estimate of drug-likeness (QED) is 0.207. The van der Waals surface area contributed by atoms with Crippen LogP contribution in [0.2, 0.25) is 0 Å². The lowest BCUT2D eigenvalue weighted by atomic mass is 10.1. The highest BCUT2D eigenvalue weighted by atomic mass is 32.1. The smallest absolute Gasteiger partial charge is 0.273 e. The summed E-state index contributed by atoms with van der Waals surface area (Å²) in [6, 6.07) is 18.0. The number of methoxy groups -OCH3 is 1. The van der Waals surface area contributed by atoms with Crippen LogP contribution >= 0.6 is 11.3 Å². The van der Waals surface area contributed by atoms with Crippen molar-refractivity contribution in [3.8, 4) is 0 Å². The van der Waals surface area contributed by atoms with Gasteiger partial charge in [-0.3, -0.25) is 19.7 Å². The molecule has 3 rings (SSSR count). The summed E-state index contributed by atoms with van der Waals surface area (Å²) in [6.45, 7) is 3.04. The van der Waals surface area contributed by atoms with Crippen molar-refractivity contribution in [2.75, 3.05) is 26.8 Å². The van der Waals surface area contributed by atoms with E-state index in [9.17, 15) is 19.7 Å². The molecule has 35 heavy (non-hydrogen) atoms. The van der Waals surface area contributed by atoms with Crippen LogP contribution in [0.3, 0.4) is 0 Å². The maximum absolute atomic E-state index is 13.5. The molecule has 2 amide bonds. The van der Waals surface area contributed by atoms with Crippen molar-refractivity contribution in [1.29, 1.82) is 0 Å². The molecule has 0 fully saturated rings. The van der Waals surface area contributed by atoms with E-state index in [0.29, 0.717) is 31.7 Å². The summed E-state index contributed by atoms with van der Waals surface area (Å²) in [4.78, 5) is 41.9. The monoisotopic (exact) mass is 495 g/mol. The number of carbonyl (C=O) groups excluding carboxylic acids is 2. The molecule has 3 aromatic rings. The van der Waals surface area contributed by atoms with Gasteiger partial charge in [0.1, 0.15) is 6.54 Å². The van der Waals surface area contributed by atoms with Crippen molar-refractivity contribution in [3.63, 3.8) is 0 Å². The average molecular weight is 496 g/mol. The van der Waals surface area contributed by atoms with Crippen LogP contribution in [0.15, 0.2) is 66.0 Å². The maximum atomic E-state index is 13.5. The van der Waals surface area contributed by atoms with E-state index in [0.717, 1.165) is 10.4 Å². The third-order valence-corrected chi connectivity index (χ3v) is 6.40. The predicted octanol–water partition coefficient (Wildman–Crippen LogP) is 4.67. The van der Waals surface area contributed by atoms with Crippen molar-refractivity contribution in [3.05, 3.63) is 97.7 Å². The number of carbonyl (C=O) groups is 2. The number of rotatable bonds is 12. The van der Waals surface area contributed by atoms with E-state index in [1.54, 1.807) is 42.4 Å². The summed E-state index contributed by atoms with van der Waals surface area (Å²) in [6.07, 6.45) is 0.535. The number of nitro groups is 1. The van der Waals surface area contributed by atoms with Crippen LogP contribution in [0.4, 0.5) is 5.69 Å². The van der Waals surface area contributed by atoms with Gasteiger partial charge in [0, 0.05) is 48.9 Å². The molecule has 9 heteroatoms. The van der Waals surface area contributed by atoms with Gasteiger partial charge in [-0.25, -0.2) is 0 Å². The first-order valence-corrected chi connectivity index (χ1v) is 12.1. The molecular weight excluding hydrogens is 466 g/mol. The Morgan fingerprint density at radius 2 is 1.80 bits per heavy atom. The van der Waals surface area contributed by atoms with E-state index in [1.165, 1.54) is 11.0 Å². The Balaban J connectivity index is 1.83. The van der Waals surface area contributed by atoms with E-state index >= 15 is 0 Å². The first-order chi connectivity index (χ1) is 16.9. The van der Waals surface area contributed by atoms with E-state index in [1.807, 2.05) is 47.8 Å². The van der Waals surface area contributed by atoms with Crippen LogP contribution in [-0.4, -0.2) is 53.3 Å². The molecular formula is C26H29N3O5S. The van der Waals surface area contributed by atoms with Crippen molar-refractivity contribution < 1.29 is 19.2 Å². The van der Waals surface area contributed by atoms with Crippen molar-refractivity contribution in [2.24, 2.45) is 0 Å². The Hall–Kier alpha value is -3.56. The second-order valence-corrected chi connectivity index (χ2v) is 9.18. The summed E-state index contributed by atoms with van der Waals surface area (Å²) in [5, 5.41) is 13.3. The van der Waals surface area contributed by atoms with Crippen molar-refractivity contribution >= 4 is 28.8 Å². The number of thiophene rings is 1. The van der Waals surface area contributed by atoms with Crippen molar-refractivity contribution in [2.45, 2.75) is 26.4 Å². The zero-order valence-corrected chi connectivity index (χ0v) is 20.7. The predicted molar refractivity (Wildman–Crippen MR) is 135 cm³/mol. The summed E-state index contributed by atoms with van der Waals surface area (Å²) in [5.74, 6) is -0.622. The number of ether oxygens (including phenoxy) is 1. The molecule has 2 aromatic carbocycles. The molecule has 0 spiro atoms. The Bertz CT molecular complexity index is 1140. The van der Waals surface area contributed by atoms with Gasteiger partial charge in [0.25, 0.3) is 11.6 Å². The number of nitrogens with zero attached hydrogens (tertiary/aromatic N) is 3. The molecule has 0 radical (unpaired) electrons. The minimum absolute atomic E-state index is 0.123. The largest absolute Gasteiger partial charge is 0.385 e. The van der Waals surface area contributed by atoms with Gasteiger partial charge in [0.2, 0.25) is 5.91 Å². The second kappa shape index (κ2) is 12.8. The van der Waals surface area contributed by atoms with Gasteiger partial charge in [0.15, 0.2) is 0 Å². The molecule has 0 N–H and O–H groups in total. The topological polar surface area (TPSA) is 93.0 Å². The lowest BCUT2D eigenvalue weighted by molar-refractivity contribution is -0.385. The first-order valence-electron chi connectivity index (χ1n) is 11.3. The highest BCUT2D eigenvalue weighted by molar-refractivity contribution is 7.09. The second-order valence-electron chi connectivity index (χ2n) is 8.15. The van der Waals surface area contributed by atoms with E-state index in [4.69, 9.17) is 4.74 Å². The van der Waals surface area contributed by atoms with Crippen LogP contribution in [-0.2, 0) is 22.6 Å². The zero-order chi connectivity index (χ0) is 25.2. The highest BCUT2D eigenvalue weighted by Gasteiger charge is 2.24. The first kappa shape index (κ1) is 26.1. The molecule has 0 atom stereocenters. The number of hydrogen-bond acceptors (Lipinski definition) is 6. The Morgan fingerprint density at radius 3 is 2.46 bits per heavy atom. The van der Waals surface area contributed by atoms with Gasteiger partial charge >= 0.3 is 0 Å². The summed E-state index contributed by atoms with van der Waals surface area (Å²) in [5.41, 5.74) is 1.52. The summed E-state index contributed by atoms with van der Waals surface area (Å²) in [7, 11) is 1.57. The molecule has 184 valence electrons. The Labute approximate surface area is 208 Å². The van der Waals surface area contributed by atoms with Gasteiger partial charge in [-0.2, -0.15) is 0 Å². The third kappa shape index (κ3) is 7.46. The normalized spacial score (nSPS) is 10.7. The number of nitro benzene ring substituents is 1.